The van der Waals surface area contributed by atoms with Crippen molar-refractivity contribution in [2.75, 3.05) is 39.1 Å². The van der Waals surface area contributed by atoms with E-state index in [-0.39, 0.29) is 17.5 Å². The first-order valence-electron chi connectivity index (χ1n) is 9.86. The van der Waals surface area contributed by atoms with E-state index in [0.717, 1.165) is 24.4 Å². The van der Waals surface area contributed by atoms with Gasteiger partial charge in [0.2, 0.25) is 5.95 Å². The lowest BCUT2D eigenvalue weighted by atomic mass is 10.2. The fourth-order valence-corrected chi connectivity index (χ4v) is 3.87. The molecule has 0 aromatic carbocycles. The second kappa shape index (κ2) is 7.43. The summed E-state index contributed by atoms with van der Waals surface area (Å²) < 4.78 is 2.13. The van der Waals surface area contributed by atoms with E-state index in [9.17, 15) is 9.59 Å². The minimum absolute atomic E-state index is 0.122. The quantitative estimate of drug-likeness (QED) is 0.813. The molecule has 1 saturated carbocycles. The Balaban J connectivity index is 1.40. The van der Waals surface area contributed by atoms with Gasteiger partial charge in [-0.2, -0.15) is 0 Å². The minimum Gasteiger partial charge on any atom is -0.348 e. The molecule has 3 heterocycles. The van der Waals surface area contributed by atoms with E-state index in [2.05, 4.69) is 19.4 Å². The van der Waals surface area contributed by atoms with Crippen LogP contribution in [0, 0.1) is 0 Å². The third-order valence-corrected chi connectivity index (χ3v) is 5.63. The average Bonchev–Trinajstić information content (AvgIpc) is 3.18. The van der Waals surface area contributed by atoms with Crippen molar-refractivity contribution in [1.82, 2.24) is 24.3 Å². The maximum absolute atomic E-state index is 13.0. The van der Waals surface area contributed by atoms with Crippen LogP contribution in [-0.4, -0.2) is 70.5 Å². The molecule has 0 radical (unpaired) electrons. The molecule has 2 aromatic rings. The van der Waals surface area contributed by atoms with Crippen LogP contribution in [0.3, 0.4) is 0 Å². The molecule has 1 aliphatic carbocycles. The molecule has 2 aliphatic rings. The third kappa shape index (κ3) is 3.82. The second-order valence-corrected chi connectivity index (χ2v) is 8.10. The number of rotatable bonds is 6. The van der Waals surface area contributed by atoms with E-state index in [1.807, 2.05) is 44.4 Å². The van der Waals surface area contributed by atoms with Gasteiger partial charge in [0.25, 0.3) is 11.5 Å². The molecular formula is C20H28N6O2. The molecule has 4 rings (SSSR count). The summed E-state index contributed by atoms with van der Waals surface area (Å²) in [4.78, 5) is 38.0. The zero-order chi connectivity index (χ0) is 19.8. The Morgan fingerprint density at radius 1 is 1.29 bits per heavy atom. The molecule has 1 aliphatic heterocycles. The Bertz CT molecular complexity index is 913. The van der Waals surface area contributed by atoms with Gasteiger partial charge in [-0.15, -0.1) is 0 Å². The lowest BCUT2D eigenvalue weighted by Crippen LogP contribution is -2.37. The molecule has 2 fully saturated rings. The molecule has 0 spiro atoms. The fourth-order valence-electron chi connectivity index (χ4n) is 3.87. The first kappa shape index (κ1) is 18.7. The van der Waals surface area contributed by atoms with E-state index in [4.69, 9.17) is 0 Å². The normalized spacial score (nSPS) is 19.4. The number of hydrogen-bond donors (Lipinski definition) is 1. The molecular weight excluding hydrogens is 356 g/mol. The Morgan fingerprint density at radius 3 is 2.79 bits per heavy atom. The zero-order valence-corrected chi connectivity index (χ0v) is 16.8. The van der Waals surface area contributed by atoms with Gasteiger partial charge in [-0.25, -0.2) is 4.98 Å². The van der Waals surface area contributed by atoms with Crippen molar-refractivity contribution >= 4 is 11.9 Å². The smallest absolute Gasteiger partial charge is 0.270 e. The number of anilines is 1. The molecule has 0 unspecified atom stereocenters. The summed E-state index contributed by atoms with van der Waals surface area (Å²) in [6.45, 7) is 2.04. The molecule has 1 atom stereocenters. The first-order valence-corrected chi connectivity index (χ1v) is 9.86. The van der Waals surface area contributed by atoms with Gasteiger partial charge in [-0.05, 0) is 38.4 Å². The number of likely N-dealkylation sites (N-methyl/N-ethyl adjacent to an activating group) is 1. The number of likely N-dealkylation sites (tertiary alicyclic amines) is 1. The molecule has 150 valence electrons. The van der Waals surface area contributed by atoms with Crippen LogP contribution in [0.5, 0.6) is 0 Å². The maximum Gasteiger partial charge on any atom is 0.270 e. The average molecular weight is 384 g/mol. The summed E-state index contributed by atoms with van der Waals surface area (Å²) in [5.41, 5.74) is 1.39. The Hall–Kier alpha value is -2.61. The van der Waals surface area contributed by atoms with Crippen LogP contribution in [-0.2, 0) is 6.54 Å². The van der Waals surface area contributed by atoms with E-state index >= 15 is 0 Å². The van der Waals surface area contributed by atoms with Crippen LogP contribution in [0.4, 0.5) is 5.95 Å². The second-order valence-electron chi connectivity index (χ2n) is 8.10. The van der Waals surface area contributed by atoms with Crippen molar-refractivity contribution in [1.29, 1.82) is 0 Å². The SMILES string of the molecule is CN(C)c1nc(CN(C)[C@H]2CCN(C(=O)c3cccn3C3CC3)C2)cc(=O)[nH]1. The molecule has 0 bridgehead atoms. The number of carbonyl (C=O) groups is 1. The summed E-state index contributed by atoms with van der Waals surface area (Å²) in [7, 11) is 5.73. The molecule has 8 nitrogen and oxygen atoms in total. The molecule has 2 aromatic heterocycles. The van der Waals surface area contributed by atoms with Crippen molar-refractivity contribution in [2.24, 2.45) is 0 Å². The maximum atomic E-state index is 13.0. The Kier molecular flexibility index (Phi) is 4.97. The van der Waals surface area contributed by atoms with E-state index < -0.39 is 0 Å². The highest BCUT2D eigenvalue weighted by Gasteiger charge is 2.33. The Labute approximate surface area is 164 Å². The van der Waals surface area contributed by atoms with Gasteiger partial charge in [0, 0.05) is 58.1 Å². The molecule has 1 saturated heterocycles. The topological polar surface area (TPSA) is 77.5 Å². The van der Waals surface area contributed by atoms with Crippen molar-refractivity contribution in [3.63, 3.8) is 0 Å². The van der Waals surface area contributed by atoms with Gasteiger partial charge in [0.05, 0.1) is 5.69 Å². The number of aromatic nitrogens is 3. The molecule has 1 N–H and O–H groups in total. The lowest BCUT2D eigenvalue weighted by molar-refractivity contribution is 0.0768. The molecule has 1 amide bonds. The van der Waals surface area contributed by atoms with Crippen LogP contribution < -0.4 is 10.5 Å². The Morgan fingerprint density at radius 2 is 2.07 bits per heavy atom. The molecule has 28 heavy (non-hydrogen) atoms. The van der Waals surface area contributed by atoms with Crippen LogP contribution in [0.15, 0.2) is 29.2 Å². The third-order valence-electron chi connectivity index (χ3n) is 5.63. The van der Waals surface area contributed by atoms with Crippen molar-refractivity contribution in [3.05, 3.63) is 46.1 Å². The number of amides is 1. The summed E-state index contributed by atoms with van der Waals surface area (Å²) in [5, 5.41) is 0. The van der Waals surface area contributed by atoms with Crippen LogP contribution >= 0.6 is 0 Å². The van der Waals surface area contributed by atoms with E-state index in [0.29, 0.717) is 25.1 Å². The summed E-state index contributed by atoms with van der Waals surface area (Å²) in [6, 6.07) is 6.21. The van der Waals surface area contributed by atoms with Gasteiger partial charge < -0.3 is 14.4 Å². The van der Waals surface area contributed by atoms with Crippen molar-refractivity contribution < 1.29 is 4.79 Å². The standard InChI is InChI=1S/C20H28N6O2/c1-23(2)20-21-14(11-18(27)22-20)12-24(3)16-8-10-25(13-16)19(28)17-5-4-9-26(17)15-6-7-15/h4-5,9,11,15-16H,6-8,10,12-13H2,1-3H3,(H,21,22,27)/t16-/m0/s1. The summed E-state index contributed by atoms with van der Waals surface area (Å²) >= 11 is 0. The predicted molar refractivity (Wildman–Crippen MR) is 108 cm³/mol. The molecule has 8 heteroatoms. The largest absolute Gasteiger partial charge is 0.348 e. The number of hydrogen-bond acceptors (Lipinski definition) is 5. The van der Waals surface area contributed by atoms with Crippen LogP contribution in [0.2, 0.25) is 0 Å². The number of nitrogens with one attached hydrogen (secondary N) is 1. The van der Waals surface area contributed by atoms with Crippen LogP contribution in [0.1, 0.15) is 41.5 Å². The number of H-pyrrole nitrogens is 1. The highest BCUT2D eigenvalue weighted by Crippen LogP contribution is 2.36. The monoisotopic (exact) mass is 384 g/mol. The minimum atomic E-state index is -0.147. The van der Waals surface area contributed by atoms with Crippen LogP contribution in [0.25, 0.3) is 0 Å². The highest BCUT2D eigenvalue weighted by atomic mass is 16.2. The predicted octanol–water partition coefficient (Wildman–Crippen LogP) is 1.32. The zero-order valence-electron chi connectivity index (χ0n) is 16.8. The fraction of sp³-hybridized carbons (Fsp3) is 0.550. The number of aromatic amines is 1. The first-order chi connectivity index (χ1) is 13.4. The van der Waals surface area contributed by atoms with Crippen molar-refractivity contribution in [2.45, 2.75) is 37.9 Å². The van der Waals surface area contributed by atoms with Gasteiger partial charge in [-0.1, -0.05) is 0 Å². The summed E-state index contributed by atoms with van der Waals surface area (Å²) in [5.74, 6) is 0.678. The van der Waals surface area contributed by atoms with Gasteiger partial charge >= 0.3 is 0 Å². The number of carbonyl (C=O) groups excluding carboxylic acids is 1. The van der Waals surface area contributed by atoms with E-state index in [1.54, 1.807) is 11.0 Å². The van der Waals surface area contributed by atoms with Gasteiger partial charge in [0.15, 0.2) is 0 Å². The van der Waals surface area contributed by atoms with Crippen molar-refractivity contribution in [3.8, 4) is 0 Å². The lowest BCUT2D eigenvalue weighted by Gasteiger charge is -2.25. The summed E-state index contributed by atoms with van der Waals surface area (Å²) in [6.07, 6.45) is 5.28. The van der Waals surface area contributed by atoms with E-state index in [1.165, 1.54) is 12.8 Å². The number of nitrogens with zero attached hydrogens (tertiary/aromatic N) is 5. The highest BCUT2D eigenvalue weighted by molar-refractivity contribution is 5.93. The van der Waals surface area contributed by atoms with Gasteiger partial charge in [0.1, 0.15) is 5.69 Å². The van der Waals surface area contributed by atoms with Gasteiger partial charge in [-0.3, -0.25) is 19.5 Å².